The van der Waals surface area contributed by atoms with Gasteiger partial charge in [0.15, 0.2) is 5.65 Å². The number of hydrogen-bond acceptors (Lipinski definition) is 7. The van der Waals surface area contributed by atoms with Crippen LogP contribution in [0.4, 0.5) is 0 Å². The fourth-order valence-corrected chi connectivity index (χ4v) is 5.13. The molecule has 0 bridgehead atoms. The second-order valence-electron chi connectivity index (χ2n) is 7.20. The summed E-state index contributed by atoms with van der Waals surface area (Å²) in [7, 11) is 0. The zero-order valence-electron chi connectivity index (χ0n) is 14.8. The summed E-state index contributed by atoms with van der Waals surface area (Å²) < 4.78 is 3.67. The third-order valence-electron chi connectivity index (χ3n) is 5.40. The monoisotopic (exact) mass is 383 g/mol. The Bertz CT molecular complexity index is 981. The van der Waals surface area contributed by atoms with E-state index in [0.717, 1.165) is 35.4 Å². The molecule has 0 aromatic carbocycles. The zero-order valence-corrected chi connectivity index (χ0v) is 15.7. The maximum Gasteiger partial charge on any atom is 0.179 e. The van der Waals surface area contributed by atoms with Gasteiger partial charge in [0.1, 0.15) is 5.52 Å². The molecule has 0 radical (unpaired) electrons. The van der Waals surface area contributed by atoms with E-state index >= 15 is 0 Å². The molecular weight excluding hydrogens is 362 g/mol. The Morgan fingerprint density at radius 1 is 1.26 bits per heavy atom. The highest BCUT2D eigenvalue weighted by atomic mass is 32.2. The van der Waals surface area contributed by atoms with Crippen LogP contribution in [0.2, 0.25) is 0 Å². The van der Waals surface area contributed by atoms with Crippen molar-refractivity contribution in [2.24, 2.45) is 10.9 Å². The molecule has 1 saturated carbocycles. The highest BCUT2D eigenvalue weighted by Gasteiger charge is 2.33. The number of nitrogens with zero attached hydrogens (tertiary/aromatic N) is 7. The third-order valence-corrected chi connectivity index (χ3v) is 6.50. The molecule has 0 saturated heterocycles. The van der Waals surface area contributed by atoms with Crippen molar-refractivity contribution in [3.8, 4) is 11.3 Å². The maximum absolute atomic E-state index is 9.06. The van der Waals surface area contributed by atoms with Gasteiger partial charge in [-0.05, 0) is 37.3 Å². The molecule has 5 rings (SSSR count). The smallest absolute Gasteiger partial charge is 0.179 e. The summed E-state index contributed by atoms with van der Waals surface area (Å²) in [4.78, 5) is 9.37. The number of aromatic nitrogens is 6. The van der Waals surface area contributed by atoms with Crippen LogP contribution < -0.4 is 0 Å². The second kappa shape index (κ2) is 7.05. The third kappa shape index (κ3) is 3.25. The van der Waals surface area contributed by atoms with E-state index in [4.69, 9.17) is 10.1 Å². The van der Waals surface area contributed by atoms with Gasteiger partial charge in [-0.25, -0.2) is 9.67 Å². The quantitative estimate of drug-likeness (QED) is 0.724. The predicted molar refractivity (Wildman–Crippen MR) is 105 cm³/mol. The molecule has 8 nitrogen and oxygen atoms in total. The van der Waals surface area contributed by atoms with Crippen LogP contribution in [0.15, 0.2) is 29.5 Å². The van der Waals surface area contributed by atoms with Crippen LogP contribution in [0.25, 0.3) is 22.4 Å². The van der Waals surface area contributed by atoms with Crippen LogP contribution in [-0.4, -0.2) is 58.3 Å². The van der Waals surface area contributed by atoms with Crippen molar-refractivity contribution in [1.82, 2.24) is 29.8 Å². The number of fused-ring (bicyclic) bond motifs is 2. The molecule has 1 fully saturated rings. The molecule has 1 aliphatic heterocycles. The highest BCUT2D eigenvalue weighted by molar-refractivity contribution is 8.12. The van der Waals surface area contributed by atoms with Crippen LogP contribution in [0.1, 0.15) is 19.3 Å². The lowest BCUT2D eigenvalue weighted by molar-refractivity contribution is 0.269. The molecule has 1 aliphatic carbocycles. The van der Waals surface area contributed by atoms with Crippen molar-refractivity contribution >= 4 is 28.5 Å². The lowest BCUT2D eigenvalue weighted by Crippen LogP contribution is -2.29. The number of aliphatic hydroxyl groups excluding tert-OH is 1. The molecule has 140 valence electrons. The second-order valence-corrected chi connectivity index (χ2v) is 8.29. The van der Waals surface area contributed by atoms with Gasteiger partial charge in [0.2, 0.25) is 0 Å². The first-order valence-corrected chi connectivity index (χ1v) is 10.3. The maximum atomic E-state index is 9.06. The first-order valence-electron chi connectivity index (χ1n) is 9.31. The van der Waals surface area contributed by atoms with Crippen LogP contribution >= 0.6 is 11.8 Å². The van der Waals surface area contributed by atoms with Crippen molar-refractivity contribution in [3.63, 3.8) is 0 Å². The van der Waals surface area contributed by atoms with Gasteiger partial charge in [0.05, 0.1) is 36.6 Å². The first kappa shape index (κ1) is 16.9. The van der Waals surface area contributed by atoms with E-state index in [1.54, 1.807) is 10.9 Å². The van der Waals surface area contributed by atoms with Gasteiger partial charge in [-0.3, -0.25) is 9.67 Å². The SMILES string of the molecule is OCCn1cc(-c2ccc3nnn(C[C@@H]4CCC5N=CS[C@@H]5C4)c3n2)cn1. The zero-order chi connectivity index (χ0) is 18.2. The van der Waals surface area contributed by atoms with Crippen molar-refractivity contribution in [3.05, 3.63) is 24.5 Å². The lowest BCUT2D eigenvalue weighted by Gasteiger charge is -2.29. The molecule has 9 heteroatoms. The standard InChI is InChI=1S/C18H21N7OS/c26-6-5-24-10-13(8-20-24)14-3-4-16-18(21-14)25(23-22-16)9-12-1-2-15-17(7-12)27-11-19-15/h3-4,8,10-12,15,17,26H,1-2,5-7,9H2/t12-,15?,17-/m1/s1. The molecule has 3 aromatic heterocycles. The molecule has 3 atom stereocenters. The Labute approximate surface area is 160 Å². The van der Waals surface area contributed by atoms with E-state index in [1.165, 1.54) is 12.8 Å². The molecule has 1 N–H and O–H groups in total. The summed E-state index contributed by atoms with van der Waals surface area (Å²) in [6, 6.07) is 4.42. The normalized spacial score (nSPS) is 24.6. The molecule has 0 spiro atoms. The van der Waals surface area contributed by atoms with Gasteiger partial charge in [0.25, 0.3) is 0 Å². The van der Waals surface area contributed by atoms with Crippen LogP contribution in [0, 0.1) is 5.92 Å². The lowest BCUT2D eigenvalue weighted by atomic mass is 9.86. The molecule has 27 heavy (non-hydrogen) atoms. The van der Waals surface area contributed by atoms with Gasteiger partial charge in [0, 0.05) is 23.6 Å². The van der Waals surface area contributed by atoms with Crippen LogP contribution in [-0.2, 0) is 13.1 Å². The van der Waals surface area contributed by atoms with Gasteiger partial charge in [-0.2, -0.15) is 5.10 Å². The summed E-state index contributed by atoms with van der Waals surface area (Å²) in [5.74, 6) is 0.586. The molecule has 0 amide bonds. The van der Waals surface area contributed by atoms with Crippen LogP contribution in [0.3, 0.4) is 0 Å². The van der Waals surface area contributed by atoms with Gasteiger partial charge < -0.3 is 5.11 Å². The number of aliphatic hydroxyl groups is 1. The average molecular weight is 383 g/mol. The van der Waals surface area contributed by atoms with Crippen LogP contribution in [0.5, 0.6) is 0 Å². The Balaban J connectivity index is 1.38. The molecule has 3 aromatic rings. The Morgan fingerprint density at radius 3 is 3.15 bits per heavy atom. The van der Waals surface area contributed by atoms with Gasteiger partial charge in [-0.1, -0.05) is 5.21 Å². The van der Waals surface area contributed by atoms with E-state index < -0.39 is 0 Å². The van der Waals surface area contributed by atoms with E-state index in [2.05, 4.69) is 20.4 Å². The molecule has 1 unspecified atom stereocenters. The van der Waals surface area contributed by atoms with Crippen molar-refractivity contribution < 1.29 is 5.11 Å². The Morgan fingerprint density at radius 2 is 2.22 bits per heavy atom. The summed E-state index contributed by atoms with van der Waals surface area (Å²) in [6.45, 7) is 1.39. The fraction of sp³-hybridized carbons (Fsp3) is 0.500. The number of hydrogen-bond donors (Lipinski definition) is 1. The summed E-state index contributed by atoms with van der Waals surface area (Å²) in [6.07, 6.45) is 7.18. The summed E-state index contributed by atoms with van der Waals surface area (Å²) in [5.41, 5.74) is 5.43. The van der Waals surface area contributed by atoms with E-state index in [-0.39, 0.29) is 6.61 Å². The average Bonchev–Trinajstić information content (AvgIpc) is 3.41. The van der Waals surface area contributed by atoms with E-state index in [9.17, 15) is 0 Å². The Kier molecular flexibility index (Phi) is 4.41. The van der Waals surface area contributed by atoms with Gasteiger partial charge >= 0.3 is 0 Å². The minimum atomic E-state index is 0.0663. The molecule has 4 heterocycles. The minimum Gasteiger partial charge on any atom is -0.394 e. The topological polar surface area (TPSA) is 94.0 Å². The number of aliphatic imine (C=N–C) groups is 1. The summed E-state index contributed by atoms with van der Waals surface area (Å²) >= 11 is 1.87. The minimum absolute atomic E-state index is 0.0663. The summed E-state index contributed by atoms with van der Waals surface area (Å²) in [5, 5.41) is 22.6. The predicted octanol–water partition coefficient (Wildman–Crippen LogP) is 1.99. The fourth-order valence-electron chi connectivity index (χ4n) is 3.97. The largest absolute Gasteiger partial charge is 0.394 e. The molecule has 2 aliphatic rings. The number of rotatable bonds is 5. The highest BCUT2D eigenvalue weighted by Crippen LogP contribution is 2.37. The van der Waals surface area contributed by atoms with Gasteiger partial charge in [-0.15, -0.1) is 16.9 Å². The van der Waals surface area contributed by atoms with E-state index in [0.29, 0.717) is 23.8 Å². The first-order chi connectivity index (χ1) is 13.3. The number of thioether (sulfide) groups is 1. The van der Waals surface area contributed by atoms with Crippen molar-refractivity contribution in [1.29, 1.82) is 0 Å². The van der Waals surface area contributed by atoms with Crippen molar-refractivity contribution in [2.45, 2.75) is 43.6 Å². The van der Waals surface area contributed by atoms with E-state index in [1.807, 2.05) is 40.3 Å². The Hall–Kier alpha value is -2.26. The number of pyridine rings is 1. The van der Waals surface area contributed by atoms with Crippen molar-refractivity contribution in [2.75, 3.05) is 6.61 Å². The molecular formula is C18H21N7OS.